The van der Waals surface area contributed by atoms with Gasteiger partial charge in [-0.15, -0.1) is 0 Å². The van der Waals surface area contributed by atoms with Crippen LogP contribution in [0.2, 0.25) is 0 Å². The standard InChI is InChI=1S/C13H9N5O3/c1-7-8(6-14)2-3-9(17-7)12(19)18-11-10(13(20)21)15-4-5-16-11/h2-5H,1H3,(H,20,21)(H,16,18,19). The maximum atomic E-state index is 12.0. The summed E-state index contributed by atoms with van der Waals surface area (Å²) in [5, 5.41) is 20.1. The van der Waals surface area contributed by atoms with E-state index in [1.165, 1.54) is 24.5 Å². The number of aromatic nitrogens is 3. The van der Waals surface area contributed by atoms with Crippen molar-refractivity contribution >= 4 is 17.7 Å². The summed E-state index contributed by atoms with van der Waals surface area (Å²) >= 11 is 0. The van der Waals surface area contributed by atoms with Crippen molar-refractivity contribution in [1.82, 2.24) is 15.0 Å². The second-order valence-electron chi connectivity index (χ2n) is 3.95. The van der Waals surface area contributed by atoms with E-state index in [4.69, 9.17) is 10.4 Å². The second-order valence-corrected chi connectivity index (χ2v) is 3.95. The van der Waals surface area contributed by atoms with Gasteiger partial charge < -0.3 is 10.4 Å². The number of pyridine rings is 1. The molecule has 2 heterocycles. The van der Waals surface area contributed by atoms with Gasteiger partial charge in [0.05, 0.1) is 11.3 Å². The Labute approximate surface area is 119 Å². The van der Waals surface area contributed by atoms with Crippen LogP contribution in [-0.4, -0.2) is 31.9 Å². The molecule has 0 aliphatic heterocycles. The van der Waals surface area contributed by atoms with Gasteiger partial charge >= 0.3 is 5.97 Å². The molecule has 0 unspecified atom stereocenters. The first-order chi connectivity index (χ1) is 10.0. The number of anilines is 1. The fourth-order valence-electron chi connectivity index (χ4n) is 1.56. The third-order valence-electron chi connectivity index (χ3n) is 2.57. The highest BCUT2D eigenvalue weighted by atomic mass is 16.4. The van der Waals surface area contributed by atoms with Crippen molar-refractivity contribution < 1.29 is 14.7 Å². The number of carboxylic acid groups (broad SMARTS) is 1. The van der Waals surface area contributed by atoms with E-state index < -0.39 is 11.9 Å². The van der Waals surface area contributed by atoms with Gasteiger partial charge in [-0.2, -0.15) is 5.26 Å². The van der Waals surface area contributed by atoms with Gasteiger partial charge in [-0.1, -0.05) is 0 Å². The number of aryl methyl sites for hydroxylation is 1. The maximum absolute atomic E-state index is 12.0. The van der Waals surface area contributed by atoms with Crippen LogP contribution in [-0.2, 0) is 0 Å². The molecule has 0 aliphatic carbocycles. The summed E-state index contributed by atoms with van der Waals surface area (Å²) in [7, 11) is 0. The molecule has 104 valence electrons. The normalized spacial score (nSPS) is 9.71. The minimum absolute atomic E-state index is 0.0495. The van der Waals surface area contributed by atoms with Crippen LogP contribution in [0, 0.1) is 18.3 Å². The van der Waals surface area contributed by atoms with E-state index in [0.717, 1.165) is 0 Å². The van der Waals surface area contributed by atoms with Crippen LogP contribution in [0.15, 0.2) is 24.5 Å². The lowest BCUT2D eigenvalue weighted by Crippen LogP contribution is -2.18. The number of hydrogen-bond donors (Lipinski definition) is 2. The first kappa shape index (κ1) is 14.1. The number of nitrogens with one attached hydrogen (secondary N) is 1. The average molecular weight is 283 g/mol. The molecule has 0 aliphatic rings. The van der Waals surface area contributed by atoms with Crippen molar-refractivity contribution in [2.24, 2.45) is 0 Å². The molecule has 8 heteroatoms. The van der Waals surface area contributed by atoms with Gasteiger partial charge in [0.1, 0.15) is 11.8 Å². The molecule has 2 aromatic heterocycles. The lowest BCUT2D eigenvalue weighted by Gasteiger charge is -2.06. The number of amides is 1. The van der Waals surface area contributed by atoms with Crippen molar-refractivity contribution in [3.63, 3.8) is 0 Å². The minimum Gasteiger partial charge on any atom is -0.476 e. The summed E-state index contributed by atoms with van der Waals surface area (Å²) < 4.78 is 0. The lowest BCUT2D eigenvalue weighted by atomic mass is 10.2. The van der Waals surface area contributed by atoms with Crippen LogP contribution < -0.4 is 5.32 Å². The highest BCUT2D eigenvalue weighted by Crippen LogP contribution is 2.11. The van der Waals surface area contributed by atoms with Gasteiger partial charge in [0, 0.05) is 12.4 Å². The summed E-state index contributed by atoms with van der Waals surface area (Å²) in [6, 6.07) is 4.78. The fraction of sp³-hybridized carbons (Fsp3) is 0.0769. The van der Waals surface area contributed by atoms with Crippen LogP contribution in [0.25, 0.3) is 0 Å². The summed E-state index contributed by atoms with van der Waals surface area (Å²) in [5.41, 5.74) is 0.449. The Kier molecular flexibility index (Phi) is 3.85. The molecule has 0 spiro atoms. The lowest BCUT2D eigenvalue weighted by molar-refractivity contribution is 0.0691. The highest BCUT2D eigenvalue weighted by molar-refractivity contribution is 6.05. The number of rotatable bonds is 3. The Hall–Kier alpha value is -3.34. The van der Waals surface area contributed by atoms with E-state index in [9.17, 15) is 9.59 Å². The van der Waals surface area contributed by atoms with Crippen molar-refractivity contribution in [3.05, 3.63) is 47.2 Å². The molecule has 0 aromatic carbocycles. The molecule has 0 bridgehead atoms. The van der Waals surface area contributed by atoms with Gasteiger partial charge in [0.15, 0.2) is 11.5 Å². The molecule has 0 radical (unpaired) electrons. The molecule has 1 amide bonds. The summed E-state index contributed by atoms with van der Waals surface area (Å²) in [5.74, 6) is -2.10. The second kappa shape index (κ2) is 5.75. The monoisotopic (exact) mass is 283 g/mol. The molecular weight excluding hydrogens is 274 g/mol. The predicted molar refractivity (Wildman–Crippen MR) is 70.6 cm³/mol. The summed E-state index contributed by atoms with van der Waals surface area (Å²) in [4.78, 5) is 34.4. The average Bonchev–Trinajstić information content (AvgIpc) is 2.47. The van der Waals surface area contributed by atoms with Crippen molar-refractivity contribution in [3.8, 4) is 6.07 Å². The Morgan fingerprint density at radius 1 is 1.29 bits per heavy atom. The number of carbonyl (C=O) groups is 2. The summed E-state index contributed by atoms with van der Waals surface area (Å²) in [6.45, 7) is 1.60. The highest BCUT2D eigenvalue weighted by Gasteiger charge is 2.17. The first-order valence-corrected chi connectivity index (χ1v) is 5.76. The van der Waals surface area contributed by atoms with E-state index in [1.54, 1.807) is 6.92 Å². The number of carbonyl (C=O) groups excluding carboxylic acids is 1. The third-order valence-corrected chi connectivity index (χ3v) is 2.57. The Balaban J connectivity index is 2.29. The van der Waals surface area contributed by atoms with Gasteiger partial charge in [0.2, 0.25) is 0 Å². The van der Waals surface area contributed by atoms with Crippen molar-refractivity contribution in [2.45, 2.75) is 6.92 Å². The molecule has 2 N–H and O–H groups in total. The van der Waals surface area contributed by atoms with Crippen LogP contribution in [0.5, 0.6) is 0 Å². The number of nitrogens with zero attached hydrogens (tertiary/aromatic N) is 4. The largest absolute Gasteiger partial charge is 0.476 e. The molecule has 2 aromatic rings. The predicted octanol–water partition coefficient (Wildman–Crippen LogP) is 1.00. The summed E-state index contributed by atoms with van der Waals surface area (Å²) in [6.07, 6.45) is 2.47. The number of aromatic carboxylic acids is 1. The smallest absolute Gasteiger partial charge is 0.358 e. The molecule has 0 atom stereocenters. The van der Waals surface area contributed by atoms with Crippen LogP contribution in [0.1, 0.15) is 32.2 Å². The first-order valence-electron chi connectivity index (χ1n) is 5.76. The van der Waals surface area contributed by atoms with E-state index in [-0.39, 0.29) is 17.2 Å². The van der Waals surface area contributed by atoms with E-state index >= 15 is 0 Å². The van der Waals surface area contributed by atoms with Crippen LogP contribution in [0.4, 0.5) is 5.82 Å². The van der Waals surface area contributed by atoms with E-state index in [0.29, 0.717) is 11.3 Å². The zero-order chi connectivity index (χ0) is 15.4. The van der Waals surface area contributed by atoms with Gasteiger partial charge in [-0.25, -0.2) is 19.7 Å². The quantitative estimate of drug-likeness (QED) is 0.859. The zero-order valence-electron chi connectivity index (χ0n) is 10.9. The molecule has 8 nitrogen and oxygen atoms in total. The topological polar surface area (TPSA) is 129 Å². The molecular formula is C13H9N5O3. The Morgan fingerprint density at radius 3 is 2.62 bits per heavy atom. The molecule has 0 saturated carbocycles. The van der Waals surface area contributed by atoms with Crippen LogP contribution in [0.3, 0.4) is 0 Å². The molecule has 0 saturated heterocycles. The van der Waals surface area contributed by atoms with Crippen molar-refractivity contribution in [1.29, 1.82) is 5.26 Å². The maximum Gasteiger partial charge on any atom is 0.358 e. The van der Waals surface area contributed by atoms with E-state index in [2.05, 4.69) is 20.3 Å². The molecule has 2 rings (SSSR count). The van der Waals surface area contributed by atoms with E-state index in [1.807, 2.05) is 6.07 Å². The minimum atomic E-state index is -1.30. The number of hydrogen-bond acceptors (Lipinski definition) is 6. The SMILES string of the molecule is Cc1nc(C(=O)Nc2nccnc2C(=O)O)ccc1C#N. The van der Waals surface area contributed by atoms with Crippen LogP contribution >= 0.6 is 0 Å². The van der Waals surface area contributed by atoms with Crippen molar-refractivity contribution in [2.75, 3.05) is 5.32 Å². The number of nitriles is 1. The Morgan fingerprint density at radius 2 is 2.00 bits per heavy atom. The third kappa shape index (κ3) is 2.98. The van der Waals surface area contributed by atoms with Gasteiger partial charge in [0.25, 0.3) is 5.91 Å². The zero-order valence-corrected chi connectivity index (χ0v) is 10.9. The Bertz CT molecular complexity index is 767. The number of carboxylic acids is 1. The molecule has 0 fully saturated rings. The fourth-order valence-corrected chi connectivity index (χ4v) is 1.56. The molecule has 21 heavy (non-hydrogen) atoms. The van der Waals surface area contributed by atoms with Gasteiger partial charge in [-0.05, 0) is 19.1 Å². The van der Waals surface area contributed by atoms with Gasteiger partial charge in [-0.3, -0.25) is 4.79 Å².